The highest BCUT2D eigenvalue weighted by molar-refractivity contribution is 7.89. The van der Waals surface area contributed by atoms with E-state index in [4.69, 9.17) is 0 Å². The molecule has 0 amide bonds. The Kier molecular flexibility index (Phi) is 4.14. The van der Waals surface area contributed by atoms with E-state index >= 15 is 0 Å². The number of nitrogens with one attached hydrogen (secondary N) is 3. The molecule has 0 bridgehead atoms. The number of imidazole rings is 1. The van der Waals surface area contributed by atoms with Crippen molar-refractivity contribution in [1.82, 2.24) is 20.0 Å². The van der Waals surface area contributed by atoms with Crippen LogP contribution in [0.2, 0.25) is 0 Å². The van der Waals surface area contributed by atoms with Gasteiger partial charge in [-0.3, -0.25) is 0 Å². The van der Waals surface area contributed by atoms with Crippen molar-refractivity contribution in [2.24, 2.45) is 0 Å². The standard InChI is InChI=1S/C10H18N4O2S/c15-17(16,5-1-4-12-9-2-3-9)14-7-10-6-11-8-13-10/h6,8-9,12,14H,1-5,7H2,(H,11,13). The molecule has 1 aliphatic carbocycles. The second-order valence-corrected chi connectivity index (χ2v) is 6.23. The molecule has 0 atom stereocenters. The van der Waals surface area contributed by atoms with Crippen molar-refractivity contribution in [2.75, 3.05) is 12.3 Å². The molecule has 0 radical (unpaired) electrons. The highest BCUT2D eigenvalue weighted by Gasteiger charge is 2.20. The van der Waals surface area contributed by atoms with Crippen LogP contribution in [0.4, 0.5) is 0 Å². The summed E-state index contributed by atoms with van der Waals surface area (Å²) < 4.78 is 25.8. The van der Waals surface area contributed by atoms with E-state index in [9.17, 15) is 8.42 Å². The molecule has 0 spiro atoms. The van der Waals surface area contributed by atoms with Crippen LogP contribution in [-0.4, -0.2) is 36.7 Å². The molecule has 1 aromatic heterocycles. The van der Waals surface area contributed by atoms with Crippen molar-refractivity contribution in [1.29, 1.82) is 0 Å². The first-order valence-electron chi connectivity index (χ1n) is 5.84. The van der Waals surface area contributed by atoms with Gasteiger partial charge in [0.15, 0.2) is 0 Å². The van der Waals surface area contributed by atoms with Gasteiger partial charge in [0, 0.05) is 17.9 Å². The number of nitrogens with zero attached hydrogens (tertiary/aromatic N) is 1. The monoisotopic (exact) mass is 258 g/mol. The smallest absolute Gasteiger partial charge is 0.211 e. The molecule has 3 N–H and O–H groups in total. The summed E-state index contributed by atoms with van der Waals surface area (Å²) in [6.07, 6.45) is 6.24. The number of rotatable bonds is 8. The van der Waals surface area contributed by atoms with Gasteiger partial charge in [0.1, 0.15) is 0 Å². The largest absolute Gasteiger partial charge is 0.347 e. The Morgan fingerprint density at radius 3 is 2.94 bits per heavy atom. The van der Waals surface area contributed by atoms with Crippen LogP contribution in [0.3, 0.4) is 0 Å². The van der Waals surface area contributed by atoms with Gasteiger partial charge in [-0.2, -0.15) is 0 Å². The first-order chi connectivity index (χ1) is 8.16. The van der Waals surface area contributed by atoms with E-state index in [2.05, 4.69) is 20.0 Å². The minimum atomic E-state index is -3.17. The molecule has 1 fully saturated rings. The molecule has 17 heavy (non-hydrogen) atoms. The van der Waals surface area contributed by atoms with Gasteiger partial charge in [-0.1, -0.05) is 0 Å². The third-order valence-electron chi connectivity index (χ3n) is 2.64. The quantitative estimate of drug-likeness (QED) is 0.572. The SMILES string of the molecule is O=S(=O)(CCCNC1CC1)NCc1cnc[nH]1. The van der Waals surface area contributed by atoms with Gasteiger partial charge < -0.3 is 10.3 Å². The summed E-state index contributed by atoms with van der Waals surface area (Å²) in [4.78, 5) is 6.67. The number of sulfonamides is 1. The minimum absolute atomic E-state index is 0.168. The normalized spacial score (nSPS) is 16.2. The van der Waals surface area contributed by atoms with Crippen LogP contribution in [0.15, 0.2) is 12.5 Å². The lowest BCUT2D eigenvalue weighted by atomic mass is 10.5. The summed E-state index contributed by atoms with van der Waals surface area (Å²) >= 11 is 0. The Balaban J connectivity index is 1.63. The molecule has 1 saturated carbocycles. The number of hydrogen-bond donors (Lipinski definition) is 3. The van der Waals surface area contributed by atoms with Gasteiger partial charge in [0.2, 0.25) is 10.0 Å². The summed E-state index contributed by atoms with van der Waals surface area (Å²) in [5, 5.41) is 3.29. The molecule has 1 heterocycles. The maximum Gasteiger partial charge on any atom is 0.211 e. The number of aromatic amines is 1. The fourth-order valence-electron chi connectivity index (χ4n) is 1.50. The Bertz CT molecular complexity index is 425. The molecule has 1 aromatic rings. The van der Waals surface area contributed by atoms with Crippen LogP contribution in [-0.2, 0) is 16.6 Å². The molecule has 0 saturated heterocycles. The van der Waals surface area contributed by atoms with Crippen LogP contribution in [0.1, 0.15) is 25.0 Å². The summed E-state index contributed by atoms with van der Waals surface area (Å²) in [6.45, 7) is 1.05. The average molecular weight is 258 g/mol. The highest BCUT2D eigenvalue weighted by Crippen LogP contribution is 2.18. The Morgan fingerprint density at radius 2 is 2.29 bits per heavy atom. The van der Waals surface area contributed by atoms with Crippen LogP contribution in [0.5, 0.6) is 0 Å². The Morgan fingerprint density at radius 1 is 1.47 bits per heavy atom. The Hall–Kier alpha value is -0.920. The van der Waals surface area contributed by atoms with E-state index in [1.807, 2.05) is 0 Å². The van der Waals surface area contributed by atoms with Crippen molar-refractivity contribution >= 4 is 10.0 Å². The molecule has 7 heteroatoms. The van der Waals surface area contributed by atoms with Gasteiger partial charge in [-0.15, -0.1) is 0 Å². The van der Waals surface area contributed by atoms with Gasteiger partial charge in [0.05, 0.1) is 18.6 Å². The van der Waals surface area contributed by atoms with E-state index in [0.29, 0.717) is 12.5 Å². The fourth-order valence-corrected chi connectivity index (χ4v) is 2.54. The second kappa shape index (κ2) is 5.61. The zero-order chi connectivity index (χ0) is 12.1. The first kappa shape index (κ1) is 12.5. The van der Waals surface area contributed by atoms with E-state index in [-0.39, 0.29) is 12.3 Å². The molecule has 6 nitrogen and oxygen atoms in total. The van der Waals surface area contributed by atoms with E-state index in [1.165, 1.54) is 19.2 Å². The lowest BCUT2D eigenvalue weighted by Gasteiger charge is -2.06. The lowest BCUT2D eigenvalue weighted by Crippen LogP contribution is -2.28. The summed E-state index contributed by atoms with van der Waals surface area (Å²) in [7, 11) is -3.17. The molecular formula is C10H18N4O2S. The van der Waals surface area contributed by atoms with Gasteiger partial charge in [-0.25, -0.2) is 18.1 Å². The molecule has 0 unspecified atom stereocenters. The van der Waals surface area contributed by atoms with Gasteiger partial charge in [0.25, 0.3) is 0 Å². The molecule has 96 valence electrons. The van der Waals surface area contributed by atoms with E-state index in [0.717, 1.165) is 12.2 Å². The maximum absolute atomic E-state index is 11.6. The first-order valence-corrected chi connectivity index (χ1v) is 7.49. The molecule has 1 aliphatic rings. The molecule has 0 aliphatic heterocycles. The summed E-state index contributed by atoms with van der Waals surface area (Å²) in [5.41, 5.74) is 0.768. The van der Waals surface area contributed by atoms with Crippen LogP contribution in [0.25, 0.3) is 0 Å². The van der Waals surface area contributed by atoms with E-state index < -0.39 is 10.0 Å². The van der Waals surface area contributed by atoms with Gasteiger partial charge in [-0.05, 0) is 25.8 Å². The number of hydrogen-bond acceptors (Lipinski definition) is 4. The molecule has 2 rings (SSSR count). The third-order valence-corrected chi connectivity index (χ3v) is 4.05. The molecule has 0 aromatic carbocycles. The zero-order valence-corrected chi connectivity index (χ0v) is 10.5. The van der Waals surface area contributed by atoms with Crippen molar-refractivity contribution < 1.29 is 8.42 Å². The van der Waals surface area contributed by atoms with E-state index in [1.54, 1.807) is 6.20 Å². The summed E-state index contributed by atoms with van der Waals surface area (Å²) in [6, 6.07) is 0.635. The zero-order valence-electron chi connectivity index (χ0n) is 9.65. The third kappa shape index (κ3) is 4.84. The van der Waals surface area contributed by atoms with Crippen LogP contribution >= 0.6 is 0 Å². The fraction of sp³-hybridized carbons (Fsp3) is 0.700. The minimum Gasteiger partial charge on any atom is -0.347 e. The highest BCUT2D eigenvalue weighted by atomic mass is 32.2. The Labute approximate surface area is 101 Å². The van der Waals surface area contributed by atoms with Crippen LogP contribution < -0.4 is 10.0 Å². The second-order valence-electron chi connectivity index (χ2n) is 4.30. The average Bonchev–Trinajstić information content (AvgIpc) is 2.96. The van der Waals surface area contributed by atoms with Crippen molar-refractivity contribution in [3.8, 4) is 0 Å². The summed E-state index contributed by atoms with van der Waals surface area (Å²) in [5.74, 6) is 0.168. The van der Waals surface area contributed by atoms with Crippen molar-refractivity contribution in [3.63, 3.8) is 0 Å². The van der Waals surface area contributed by atoms with Crippen LogP contribution in [0, 0.1) is 0 Å². The van der Waals surface area contributed by atoms with Gasteiger partial charge >= 0.3 is 0 Å². The van der Waals surface area contributed by atoms with Crippen molar-refractivity contribution in [2.45, 2.75) is 31.8 Å². The maximum atomic E-state index is 11.6. The lowest BCUT2D eigenvalue weighted by molar-refractivity contribution is 0.573. The number of aromatic nitrogens is 2. The number of H-pyrrole nitrogens is 1. The predicted octanol–water partition coefficient (Wildman–Crippen LogP) is -0.0288. The molecular weight excluding hydrogens is 240 g/mol. The predicted molar refractivity (Wildman–Crippen MR) is 64.9 cm³/mol. The topological polar surface area (TPSA) is 86.9 Å². The van der Waals surface area contributed by atoms with Crippen molar-refractivity contribution in [3.05, 3.63) is 18.2 Å².